The molecular formula is C17H17IN2O4S. The fourth-order valence-corrected chi connectivity index (χ4v) is 4.43. The summed E-state index contributed by atoms with van der Waals surface area (Å²) in [6.07, 6.45) is 0. The minimum absolute atomic E-state index is 0.181. The van der Waals surface area contributed by atoms with E-state index < -0.39 is 10.0 Å². The fourth-order valence-electron chi connectivity index (χ4n) is 2.48. The highest BCUT2D eigenvalue weighted by atomic mass is 127. The number of halogens is 1. The van der Waals surface area contributed by atoms with Crippen molar-refractivity contribution in [2.75, 3.05) is 31.6 Å². The first-order valence-electron chi connectivity index (χ1n) is 7.72. The predicted octanol–water partition coefficient (Wildman–Crippen LogP) is 2.56. The van der Waals surface area contributed by atoms with Crippen molar-refractivity contribution in [2.45, 2.75) is 4.90 Å². The lowest BCUT2D eigenvalue weighted by Crippen LogP contribution is -2.40. The molecule has 8 heteroatoms. The van der Waals surface area contributed by atoms with Crippen LogP contribution in [0.4, 0.5) is 5.69 Å². The molecule has 0 spiro atoms. The molecule has 1 saturated heterocycles. The van der Waals surface area contributed by atoms with Crippen LogP contribution in [0, 0.1) is 3.57 Å². The average Bonchev–Trinajstić information content (AvgIpc) is 2.62. The van der Waals surface area contributed by atoms with Crippen molar-refractivity contribution in [2.24, 2.45) is 0 Å². The summed E-state index contributed by atoms with van der Waals surface area (Å²) >= 11 is 2.17. The van der Waals surface area contributed by atoms with E-state index in [0.717, 1.165) is 3.57 Å². The van der Waals surface area contributed by atoms with Crippen molar-refractivity contribution in [3.63, 3.8) is 0 Å². The van der Waals surface area contributed by atoms with Crippen molar-refractivity contribution in [1.82, 2.24) is 4.31 Å². The molecule has 0 radical (unpaired) electrons. The number of sulfonamides is 1. The average molecular weight is 472 g/mol. The zero-order valence-corrected chi connectivity index (χ0v) is 16.3. The smallest absolute Gasteiger partial charge is 0.255 e. The summed E-state index contributed by atoms with van der Waals surface area (Å²) in [5.74, 6) is -0.280. The lowest BCUT2D eigenvalue weighted by atomic mass is 10.2. The van der Waals surface area contributed by atoms with Crippen molar-refractivity contribution in [1.29, 1.82) is 0 Å². The Morgan fingerprint density at radius 2 is 1.76 bits per heavy atom. The molecule has 1 amide bonds. The second kappa shape index (κ2) is 7.81. The normalized spacial score (nSPS) is 15.7. The van der Waals surface area contributed by atoms with Gasteiger partial charge in [-0.1, -0.05) is 6.07 Å². The van der Waals surface area contributed by atoms with Gasteiger partial charge in [-0.3, -0.25) is 4.79 Å². The number of anilines is 1. The predicted molar refractivity (Wildman–Crippen MR) is 103 cm³/mol. The molecule has 0 bridgehead atoms. The van der Waals surface area contributed by atoms with Crippen LogP contribution in [0.15, 0.2) is 53.4 Å². The Bertz CT molecular complexity index is 862. The number of carbonyl (C=O) groups excluding carboxylic acids is 1. The lowest BCUT2D eigenvalue weighted by Gasteiger charge is -2.26. The van der Waals surface area contributed by atoms with Crippen LogP contribution < -0.4 is 5.32 Å². The van der Waals surface area contributed by atoms with Gasteiger partial charge in [-0.2, -0.15) is 4.31 Å². The molecular weight excluding hydrogens is 455 g/mol. The molecule has 1 aliphatic heterocycles. The van der Waals surface area contributed by atoms with Gasteiger partial charge in [-0.25, -0.2) is 8.42 Å². The monoisotopic (exact) mass is 472 g/mol. The number of ether oxygens (including phenoxy) is 1. The second-order valence-corrected chi connectivity index (χ2v) is 8.69. The van der Waals surface area contributed by atoms with Gasteiger partial charge >= 0.3 is 0 Å². The Morgan fingerprint density at radius 1 is 1.08 bits per heavy atom. The van der Waals surface area contributed by atoms with Crippen LogP contribution >= 0.6 is 22.6 Å². The molecule has 2 aromatic rings. The summed E-state index contributed by atoms with van der Waals surface area (Å²) < 4.78 is 32.7. The number of hydrogen-bond donors (Lipinski definition) is 1. The molecule has 1 aliphatic rings. The first kappa shape index (κ1) is 18.3. The highest BCUT2D eigenvalue weighted by Crippen LogP contribution is 2.19. The van der Waals surface area contributed by atoms with Gasteiger partial charge in [0.1, 0.15) is 0 Å². The quantitative estimate of drug-likeness (QED) is 0.695. The van der Waals surface area contributed by atoms with E-state index in [2.05, 4.69) is 27.9 Å². The number of rotatable bonds is 4. The number of nitrogens with zero attached hydrogens (tertiary/aromatic N) is 1. The number of hydrogen-bond acceptors (Lipinski definition) is 4. The topological polar surface area (TPSA) is 75.7 Å². The number of benzene rings is 2. The van der Waals surface area contributed by atoms with Crippen LogP contribution in [0.3, 0.4) is 0 Å². The van der Waals surface area contributed by atoms with Gasteiger partial charge in [0.15, 0.2) is 0 Å². The Labute approximate surface area is 160 Å². The first-order valence-corrected chi connectivity index (χ1v) is 10.2. The standard InChI is InChI=1S/C17H17IN2O4S/c18-14-2-1-3-15(12-14)19-17(21)13-4-6-16(7-5-13)25(22,23)20-8-10-24-11-9-20/h1-7,12H,8-11H2,(H,19,21). The number of nitrogens with one attached hydrogen (secondary N) is 1. The third kappa shape index (κ3) is 4.38. The number of morpholine rings is 1. The zero-order valence-electron chi connectivity index (χ0n) is 13.3. The van der Waals surface area contributed by atoms with E-state index in [1.165, 1.54) is 28.6 Å². The van der Waals surface area contributed by atoms with Crippen LogP contribution in [0.5, 0.6) is 0 Å². The Hall–Kier alpha value is -1.49. The summed E-state index contributed by atoms with van der Waals surface area (Å²) in [5, 5.41) is 2.80. The molecule has 3 rings (SSSR count). The van der Waals surface area contributed by atoms with E-state index in [0.29, 0.717) is 37.6 Å². The summed E-state index contributed by atoms with van der Waals surface area (Å²) in [6, 6.07) is 13.4. The second-order valence-electron chi connectivity index (χ2n) is 5.51. The molecule has 1 N–H and O–H groups in total. The van der Waals surface area contributed by atoms with Gasteiger partial charge in [-0.05, 0) is 65.1 Å². The Balaban J connectivity index is 1.74. The van der Waals surface area contributed by atoms with Crippen LogP contribution in [0.1, 0.15) is 10.4 Å². The largest absolute Gasteiger partial charge is 0.379 e. The van der Waals surface area contributed by atoms with Gasteiger partial charge in [0.05, 0.1) is 18.1 Å². The van der Waals surface area contributed by atoms with Crippen molar-refractivity contribution >= 4 is 44.2 Å². The van der Waals surface area contributed by atoms with Gasteiger partial charge in [-0.15, -0.1) is 0 Å². The fraction of sp³-hybridized carbons (Fsp3) is 0.235. The third-order valence-electron chi connectivity index (χ3n) is 3.81. The lowest BCUT2D eigenvalue weighted by molar-refractivity contribution is 0.0730. The van der Waals surface area contributed by atoms with E-state index in [1.807, 2.05) is 18.2 Å². The van der Waals surface area contributed by atoms with Crippen LogP contribution in [-0.4, -0.2) is 44.9 Å². The molecule has 1 fully saturated rings. The maximum Gasteiger partial charge on any atom is 0.255 e. The number of carbonyl (C=O) groups is 1. The van der Waals surface area contributed by atoms with Gasteiger partial charge < -0.3 is 10.1 Å². The molecule has 0 saturated carbocycles. The highest BCUT2D eigenvalue weighted by molar-refractivity contribution is 14.1. The summed E-state index contributed by atoms with van der Waals surface area (Å²) in [5.41, 5.74) is 1.10. The summed E-state index contributed by atoms with van der Waals surface area (Å²) in [7, 11) is -3.55. The van der Waals surface area contributed by atoms with Crippen molar-refractivity contribution in [3.05, 3.63) is 57.7 Å². The molecule has 6 nitrogen and oxygen atoms in total. The van der Waals surface area contributed by atoms with Crippen LogP contribution in [0.2, 0.25) is 0 Å². The first-order chi connectivity index (χ1) is 12.0. The summed E-state index contributed by atoms with van der Waals surface area (Å²) in [4.78, 5) is 12.5. The maximum atomic E-state index is 12.6. The molecule has 0 unspecified atom stereocenters. The maximum absolute atomic E-state index is 12.6. The highest BCUT2D eigenvalue weighted by Gasteiger charge is 2.26. The van der Waals surface area contributed by atoms with Crippen molar-refractivity contribution < 1.29 is 17.9 Å². The molecule has 0 aliphatic carbocycles. The Morgan fingerprint density at radius 3 is 2.40 bits per heavy atom. The number of amides is 1. The van der Waals surface area contributed by atoms with E-state index in [9.17, 15) is 13.2 Å². The Kier molecular flexibility index (Phi) is 5.72. The molecule has 1 heterocycles. The molecule has 0 atom stereocenters. The molecule has 25 heavy (non-hydrogen) atoms. The zero-order chi connectivity index (χ0) is 17.9. The van der Waals surface area contributed by atoms with Crippen molar-refractivity contribution in [3.8, 4) is 0 Å². The van der Waals surface area contributed by atoms with E-state index in [-0.39, 0.29) is 10.8 Å². The van der Waals surface area contributed by atoms with E-state index in [1.54, 1.807) is 6.07 Å². The SMILES string of the molecule is O=C(Nc1cccc(I)c1)c1ccc(S(=O)(=O)N2CCOCC2)cc1. The van der Waals surface area contributed by atoms with Crippen LogP contribution in [-0.2, 0) is 14.8 Å². The molecule has 0 aromatic heterocycles. The van der Waals surface area contributed by atoms with E-state index >= 15 is 0 Å². The summed E-state index contributed by atoms with van der Waals surface area (Å²) in [6.45, 7) is 1.49. The molecule has 2 aromatic carbocycles. The van der Waals surface area contributed by atoms with Gasteiger partial charge in [0.2, 0.25) is 10.0 Å². The minimum atomic E-state index is -3.55. The van der Waals surface area contributed by atoms with Crippen LogP contribution in [0.25, 0.3) is 0 Å². The third-order valence-corrected chi connectivity index (χ3v) is 6.39. The van der Waals surface area contributed by atoms with E-state index in [4.69, 9.17) is 4.74 Å². The minimum Gasteiger partial charge on any atom is -0.379 e. The van der Waals surface area contributed by atoms with Gasteiger partial charge in [0.25, 0.3) is 5.91 Å². The molecule has 132 valence electrons. The van der Waals surface area contributed by atoms with Gasteiger partial charge in [0, 0.05) is 27.9 Å².